The van der Waals surface area contributed by atoms with Crippen LogP contribution in [0.3, 0.4) is 0 Å². The second-order valence-electron chi connectivity index (χ2n) is 9.25. The van der Waals surface area contributed by atoms with E-state index in [-0.39, 0.29) is 0 Å². The van der Waals surface area contributed by atoms with Gasteiger partial charge < -0.3 is 4.42 Å². The van der Waals surface area contributed by atoms with Crippen LogP contribution < -0.4 is 0 Å². The molecule has 0 aliphatic rings. The van der Waals surface area contributed by atoms with Crippen molar-refractivity contribution in [2.24, 2.45) is 0 Å². The number of tetrazole rings is 1. The second-order valence-corrected chi connectivity index (χ2v) is 9.68. The molecule has 2 aromatic heterocycles. The van der Waals surface area contributed by atoms with Gasteiger partial charge in [0.05, 0.1) is 30.0 Å². The number of aromatic nitrogens is 4. The summed E-state index contributed by atoms with van der Waals surface area (Å²) in [4.78, 5) is 2.08. The Balaban J connectivity index is 1.85. The van der Waals surface area contributed by atoms with Gasteiger partial charge in [0.15, 0.2) is 5.82 Å². The van der Waals surface area contributed by atoms with Gasteiger partial charge in [0.1, 0.15) is 5.76 Å². The molecule has 10 heteroatoms. The lowest BCUT2D eigenvalue weighted by Gasteiger charge is -2.33. The number of furan rings is 1. The molecule has 0 fully saturated rings. The van der Waals surface area contributed by atoms with Crippen molar-refractivity contribution in [3.8, 4) is 0 Å². The topological polar surface area (TPSA) is 60.0 Å². The average Bonchev–Trinajstić information content (AvgIpc) is 3.53. The normalized spacial score (nSPS) is 13.3. The zero-order chi connectivity index (χ0) is 25.9. The predicted octanol–water partition coefficient (Wildman–Crippen LogP) is 6.88. The van der Waals surface area contributed by atoms with Gasteiger partial charge in [-0.2, -0.15) is 13.2 Å². The molecule has 190 valence electrons. The van der Waals surface area contributed by atoms with E-state index in [0.717, 1.165) is 24.1 Å². The molecule has 2 aromatic carbocycles. The van der Waals surface area contributed by atoms with Crippen LogP contribution in [-0.2, 0) is 24.8 Å². The summed E-state index contributed by atoms with van der Waals surface area (Å²) in [6.45, 7) is 6.90. The zero-order valence-electron chi connectivity index (χ0n) is 20.2. The maximum absolute atomic E-state index is 13.3. The first-order chi connectivity index (χ1) is 17.1. The number of rotatable bonds is 9. The molecule has 0 radical (unpaired) electrons. The van der Waals surface area contributed by atoms with E-state index < -0.39 is 23.3 Å². The maximum Gasteiger partial charge on any atom is 0.416 e. The number of halogens is 4. The lowest BCUT2D eigenvalue weighted by molar-refractivity contribution is -0.137. The molecule has 0 spiro atoms. The van der Waals surface area contributed by atoms with Gasteiger partial charge in [-0.3, -0.25) is 4.90 Å². The first-order valence-corrected chi connectivity index (χ1v) is 11.9. The minimum atomic E-state index is -4.43. The molecule has 0 aliphatic carbocycles. The molecule has 0 aliphatic heterocycles. The highest BCUT2D eigenvalue weighted by Crippen LogP contribution is 2.35. The summed E-state index contributed by atoms with van der Waals surface area (Å²) >= 11 is 6.09. The van der Waals surface area contributed by atoms with Gasteiger partial charge in [-0.05, 0) is 78.2 Å². The van der Waals surface area contributed by atoms with Crippen LogP contribution >= 0.6 is 11.6 Å². The fourth-order valence-corrected chi connectivity index (χ4v) is 4.11. The number of alkyl halides is 3. The minimum Gasteiger partial charge on any atom is -0.468 e. The van der Waals surface area contributed by atoms with Crippen molar-refractivity contribution in [2.45, 2.75) is 58.0 Å². The Hall–Kier alpha value is -3.17. The molecule has 0 N–H and O–H groups in total. The van der Waals surface area contributed by atoms with Crippen LogP contribution in [0.2, 0.25) is 5.02 Å². The Bertz CT molecular complexity index is 1250. The molecular weight excluding hydrogens is 491 g/mol. The largest absolute Gasteiger partial charge is 0.468 e. The van der Waals surface area contributed by atoms with Crippen LogP contribution in [0.15, 0.2) is 71.3 Å². The molecule has 6 nitrogen and oxygen atoms in total. The van der Waals surface area contributed by atoms with Crippen molar-refractivity contribution in [3.05, 3.63) is 100 Å². The van der Waals surface area contributed by atoms with Gasteiger partial charge in [-0.25, -0.2) is 4.68 Å². The molecule has 4 aromatic rings. The van der Waals surface area contributed by atoms with E-state index in [9.17, 15) is 13.2 Å². The third-order valence-electron chi connectivity index (χ3n) is 6.33. The number of hydrogen-bond donors (Lipinski definition) is 0. The third kappa shape index (κ3) is 5.79. The van der Waals surface area contributed by atoms with Crippen molar-refractivity contribution < 1.29 is 17.6 Å². The quantitative estimate of drug-likeness (QED) is 0.242. The monoisotopic (exact) mass is 517 g/mol. The van der Waals surface area contributed by atoms with Crippen molar-refractivity contribution >= 4 is 11.6 Å². The molecule has 0 saturated carbocycles. The Kier molecular flexibility index (Phi) is 7.51. The van der Waals surface area contributed by atoms with Crippen LogP contribution in [0, 0.1) is 0 Å². The Labute approximate surface area is 212 Å². The fourth-order valence-electron chi connectivity index (χ4n) is 3.99. The smallest absolute Gasteiger partial charge is 0.416 e. The van der Waals surface area contributed by atoms with Gasteiger partial charge >= 0.3 is 6.18 Å². The van der Waals surface area contributed by atoms with Gasteiger partial charge in [-0.15, -0.1) is 5.10 Å². The van der Waals surface area contributed by atoms with Crippen LogP contribution in [-0.4, -0.2) is 25.1 Å². The van der Waals surface area contributed by atoms with E-state index in [4.69, 9.17) is 16.0 Å². The molecule has 0 saturated heterocycles. The lowest BCUT2D eigenvalue weighted by atomic mass is 9.98. The second kappa shape index (κ2) is 10.4. The molecule has 0 bridgehead atoms. The highest BCUT2D eigenvalue weighted by Gasteiger charge is 2.35. The Morgan fingerprint density at radius 3 is 2.28 bits per heavy atom. The summed E-state index contributed by atoms with van der Waals surface area (Å²) in [7, 11) is 0. The van der Waals surface area contributed by atoms with E-state index in [1.54, 1.807) is 29.1 Å². The van der Waals surface area contributed by atoms with Gasteiger partial charge in [0.2, 0.25) is 0 Å². The highest BCUT2D eigenvalue weighted by molar-refractivity contribution is 6.30. The number of benzene rings is 2. The number of nitrogens with zero attached hydrogens (tertiary/aromatic N) is 5. The molecular formula is C26H27ClF3N5O. The summed E-state index contributed by atoms with van der Waals surface area (Å²) < 4.78 is 47.4. The number of hydrogen-bond acceptors (Lipinski definition) is 5. The SMILES string of the molecule is CCC(C)(C)n1nnnc1[C@@H](c1ccc(C(F)(F)F)cc1)N(Cc1ccc(Cl)cc1)Cc1ccco1. The molecule has 36 heavy (non-hydrogen) atoms. The van der Waals surface area contributed by atoms with Gasteiger partial charge in [-0.1, -0.05) is 42.8 Å². The maximum atomic E-state index is 13.3. The zero-order valence-corrected chi connectivity index (χ0v) is 21.0. The summed E-state index contributed by atoms with van der Waals surface area (Å²) in [6.07, 6.45) is -2.09. The third-order valence-corrected chi connectivity index (χ3v) is 6.59. The van der Waals surface area contributed by atoms with Crippen molar-refractivity contribution in [2.75, 3.05) is 0 Å². The highest BCUT2D eigenvalue weighted by atomic mass is 35.5. The molecule has 1 atom stereocenters. The Morgan fingerprint density at radius 2 is 1.69 bits per heavy atom. The van der Waals surface area contributed by atoms with Gasteiger partial charge in [0.25, 0.3) is 0 Å². The Morgan fingerprint density at radius 1 is 1.00 bits per heavy atom. The fraction of sp³-hybridized carbons (Fsp3) is 0.346. The standard InChI is InChI=1S/C26H27ClF3N5O/c1-4-25(2,3)35-24(31-32-33-35)23(19-9-11-20(12-10-19)26(28,29)30)34(17-22-6-5-15-36-22)16-18-7-13-21(27)14-8-18/h5-15,23H,4,16-17H2,1-3H3/t23-/m1/s1. The summed E-state index contributed by atoms with van der Waals surface area (Å²) in [6, 6.07) is 15.7. The molecule has 0 amide bonds. The molecule has 0 unspecified atom stereocenters. The predicted molar refractivity (Wildman–Crippen MR) is 130 cm³/mol. The average molecular weight is 518 g/mol. The molecule has 4 rings (SSSR count). The lowest BCUT2D eigenvalue weighted by Crippen LogP contribution is -2.35. The van der Waals surface area contributed by atoms with Crippen molar-refractivity contribution in [3.63, 3.8) is 0 Å². The van der Waals surface area contributed by atoms with Crippen molar-refractivity contribution in [1.29, 1.82) is 0 Å². The van der Waals surface area contributed by atoms with Crippen LogP contribution in [0.5, 0.6) is 0 Å². The van der Waals surface area contributed by atoms with Crippen LogP contribution in [0.25, 0.3) is 0 Å². The summed E-state index contributed by atoms with van der Waals surface area (Å²) in [5, 5.41) is 13.2. The van der Waals surface area contributed by atoms with Gasteiger partial charge in [0, 0.05) is 11.6 Å². The van der Waals surface area contributed by atoms with E-state index >= 15 is 0 Å². The van der Waals surface area contributed by atoms with E-state index in [0.29, 0.717) is 35.3 Å². The summed E-state index contributed by atoms with van der Waals surface area (Å²) in [5.74, 6) is 1.23. The minimum absolute atomic E-state index is 0.376. The van der Waals surface area contributed by atoms with Crippen LogP contribution in [0.4, 0.5) is 13.2 Å². The summed E-state index contributed by atoms with van der Waals surface area (Å²) in [5.41, 5.74) is 0.469. The first kappa shape index (κ1) is 25.9. The molecule has 2 heterocycles. The van der Waals surface area contributed by atoms with Crippen LogP contribution in [0.1, 0.15) is 61.5 Å². The van der Waals surface area contributed by atoms with E-state index in [1.165, 1.54) is 12.1 Å². The van der Waals surface area contributed by atoms with E-state index in [2.05, 4.69) is 20.4 Å². The van der Waals surface area contributed by atoms with E-state index in [1.807, 2.05) is 39.0 Å². The first-order valence-electron chi connectivity index (χ1n) is 11.6. The van der Waals surface area contributed by atoms with Crippen molar-refractivity contribution in [1.82, 2.24) is 25.1 Å².